The van der Waals surface area contributed by atoms with Crippen molar-refractivity contribution < 1.29 is 9.53 Å². The van der Waals surface area contributed by atoms with Crippen molar-refractivity contribution in [3.8, 4) is 0 Å². The van der Waals surface area contributed by atoms with Crippen LogP contribution in [-0.2, 0) is 9.53 Å². The quantitative estimate of drug-likeness (QED) is 0.321. The molecule has 0 rings (SSSR count). The average Bonchev–Trinajstić information content (AvgIpc) is 2.18. The number of ether oxygens (including phenoxy) is 1. The number of carbonyl (C=O) groups is 1. The van der Waals surface area contributed by atoms with Gasteiger partial charge in [-0.15, -0.1) is 6.58 Å². The third-order valence-corrected chi connectivity index (χ3v) is 1.95. The third-order valence-electron chi connectivity index (χ3n) is 1.95. The lowest BCUT2D eigenvalue weighted by Gasteiger charge is -2.06. The molecule has 0 radical (unpaired) electrons. The van der Waals surface area contributed by atoms with E-state index in [-0.39, 0.29) is 6.10 Å². The maximum atomic E-state index is 10.1. The molecule has 0 aliphatic rings. The largest absolute Gasteiger partial charge is 0.460 e. The molecule has 0 amide bonds. The zero-order chi connectivity index (χ0) is 10.6. The Morgan fingerprint density at radius 2 is 2.21 bits per heavy atom. The van der Waals surface area contributed by atoms with Crippen LogP contribution in [0.15, 0.2) is 24.8 Å². The van der Waals surface area contributed by atoms with E-state index in [1.807, 2.05) is 6.08 Å². The molecular formula is C12H20O2. The summed E-state index contributed by atoms with van der Waals surface area (Å²) in [6.07, 6.45) is 11.1. The molecule has 14 heavy (non-hydrogen) atoms. The van der Waals surface area contributed by atoms with Crippen molar-refractivity contribution in [1.82, 2.24) is 0 Å². The van der Waals surface area contributed by atoms with Gasteiger partial charge in [0.1, 0.15) is 6.10 Å². The topological polar surface area (TPSA) is 26.3 Å². The Morgan fingerprint density at radius 1 is 1.43 bits per heavy atom. The lowest BCUT2D eigenvalue weighted by molar-refractivity contribution is -0.131. The number of allylic oxidation sites excluding steroid dienone is 1. The second kappa shape index (κ2) is 10.0. The van der Waals surface area contributed by atoms with Crippen molar-refractivity contribution in [2.24, 2.45) is 0 Å². The van der Waals surface area contributed by atoms with Crippen LogP contribution in [-0.4, -0.2) is 12.6 Å². The van der Waals surface area contributed by atoms with Crippen molar-refractivity contribution in [1.29, 1.82) is 0 Å². The van der Waals surface area contributed by atoms with E-state index in [2.05, 4.69) is 19.6 Å². The van der Waals surface area contributed by atoms with E-state index >= 15 is 0 Å². The highest BCUT2D eigenvalue weighted by molar-refractivity contribution is 5.38. The summed E-state index contributed by atoms with van der Waals surface area (Å²) in [7, 11) is 0. The Hall–Kier alpha value is -1.05. The van der Waals surface area contributed by atoms with Crippen LogP contribution in [0.4, 0.5) is 0 Å². The van der Waals surface area contributed by atoms with Crippen LogP contribution < -0.4 is 0 Å². The number of rotatable bonds is 9. The van der Waals surface area contributed by atoms with Crippen molar-refractivity contribution in [2.45, 2.75) is 45.1 Å². The number of carbonyl (C=O) groups excluding carboxylic acids is 1. The molecule has 0 saturated heterocycles. The van der Waals surface area contributed by atoms with Crippen LogP contribution in [0, 0.1) is 0 Å². The molecule has 0 aliphatic carbocycles. The second-order valence-corrected chi connectivity index (χ2v) is 3.22. The number of unbranched alkanes of at least 4 members (excludes halogenated alkanes) is 3. The minimum absolute atomic E-state index is 0.133. The van der Waals surface area contributed by atoms with Gasteiger partial charge in [0.25, 0.3) is 6.47 Å². The summed E-state index contributed by atoms with van der Waals surface area (Å²) >= 11 is 0. The first-order chi connectivity index (χ1) is 6.85. The molecule has 2 heteroatoms. The molecule has 2 nitrogen and oxygen atoms in total. The van der Waals surface area contributed by atoms with Gasteiger partial charge in [0.15, 0.2) is 0 Å². The first-order valence-corrected chi connectivity index (χ1v) is 5.21. The normalized spacial score (nSPS) is 12.6. The van der Waals surface area contributed by atoms with E-state index in [1.54, 1.807) is 6.08 Å². The maximum Gasteiger partial charge on any atom is 0.293 e. The molecule has 0 fully saturated rings. The fraction of sp³-hybridized carbons (Fsp3) is 0.583. The minimum atomic E-state index is -0.133. The van der Waals surface area contributed by atoms with E-state index in [0.717, 1.165) is 6.42 Å². The summed E-state index contributed by atoms with van der Waals surface area (Å²) in [5, 5.41) is 0. The summed E-state index contributed by atoms with van der Waals surface area (Å²) in [5.74, 6) is 0. The van der Waals surface area contributed by atoms with E-state index in [4.69, 9.17) is 4.74 Å². The molecule has 0 aromatic heterocycles. The summed E-state index contributed by atoms with van der Waals surface area (Å²) < 4.78 is 4.85. The van der Waals surface area contributed by atoms with Crippen LogP contribution >= 0.6 is 0 Å². The van der Waals surface area contributed by atoms with Gasteiger partial charge >= 0.3 is 0 Å². The molecule has 0 aromatic carbocycles. The summed E-state index contributed by atoms with van der Waals surface area (Å²) in [6.45, 7) is 6.28. The van der Waals surface area contributed by atoms with E-state index < -0.39 is 0 Å². The summed E-state index contributed by atoms with van der Waals surface area (Å²) in [5.41, 5.74) is 0. The fourth-order valence-corrected chi connectivity index (χ4v) is 1.18. The Balaban J connectivity index is 3.65. The minimum Gasteiger partial charge on any atom is -0.460 e. The van der Waals surface area contributed by atoms with Crippen molar-refractivity contribution in [3.63, 3.8) is 0 Å². The van der Waals surface area contributed by atoms with E-state index in [1.165, 1.54) is 19.3 Å². The van der Waals surface area contributed by atoms with Crippen molar-refractivity contribution in [2.75, 3.05) is 0 Å². The highest BCUT2D eigenvalue weighted by Gasteiger charge is 2.00. The smallest absolute Gasteiger partial charge is 0.293 e. The molecule has 0 bridgehead atoms. The fourth-order valence-electron chi connectivity index (χ4n) is 1.18. The summed E-state index contributed by atoms with van der Waals surface area (Å²) in [6, 6.07) is 0. The molecule has 0 spiro atoms. The Labute approximate surface area is 86.6 Å². The zero-order valence-electron chi connectivity index (χ0n) is 8.95. The molecular weight excluding hydrogens is 176 g/mol. The van der Waals surface area contributed by atoms with Crippen molar-refractivity contribution >= 4 is 6.47 Å². The van der Waals surface area contributed by atoms with Crippen molar-refractivity contribution in [3.05, 3.63) is 24.8 Å². The van der Waals surface area contributed by atoms with Gasteiger partial charge in [0.2, 0.25) is 0 Å². The highest BCUT2D eigenvalue weighted by Crippen LogP contribution is 2.04. The first kappa shape index (κ1) is 12.9. The van der Waals surface area contributed by atoms with Gasteiger partial charge in [-0.25, -0.2) is 0 Å². The van der Waals surface area contributed by atoms with Gasteiger partial charge in [-0.05, 0) is 18.9 Å². The summed E-state index contributed by atoms with van der Waals surface area (Å²) in [4.78, 5) is 10.1. The standard InChI is InChI=1S/C12H20O2/c1-3-5-6-7-8-10-12(9-4-2)14-11-13/h4,8,10-12H,2-3,5-7,9H2,1H3/b10-8+. The maximum absolute atomic E-state index is 10.1. The lowest BCUT2D eigenvalue weighted by atomic mass is 10.1. The molecule has 80 valence electrons. The van der Waals surface area contributed by atoms with E-state index in [9.17, 15) is 4.79 Å². The Kier molecular flexibility index (Phi) is 9.28. The van der Waals surface area contributed by atoms with Gasteiger partial charge in [-0.2, -0.15) is 0 Å². The molecule has 0 aromatic rings. The number of hydrogen-bond acceptors (Lipinski definition) is 2. The predicted octanol–water partition coefficient (Wildman–Crippen LogP) is 3.24. The molecule has 0 heterocycles. The van der Waals surface area contributed by atoms with Crippen LogP contribution in [0.1, 0.15) is 39.0 Å². The number of hydrogen-bond donors (Lipinski definition) is 0. The highest BCUT2D eigenvalue weighted by atomic mass is 16.5. The zero-order valence-corrected chi connectivity index (χ0v) is 8.95. The monoisotopic (exact) mass is 196 g/mol. The van der Waals surface area contributed by atoms with Crippen LogP contribution in [0.3, 0.4) is 0 Å². The Morgan fingerprint density at radius 3 is 2.79 bits per heavy atom. The molecule has 0 saturated carbocycles. The van der Waals surface area contributed by atoms with Crippen LogP contribution in [0.5, 0.6) is 0 Å². The third kappa shape index (κ3) is 7.59. The van der Waals surface area contributed by atoms with Gasteiger partial charge in [-0.1, -0.05) is 31.9 Å². The molecule has 0 N–H and O–H groups in total. The van der Waals surface area contributed by atoms with Gasteiger partial charge < -0.3 is 4.74 Å². The van der Waals surface area contributed by atoms with Gasteiger partial charge in [0.05, 0.1) is 0 Å². The first-order valence-electron chi connectivity index (χ1n) is 5.21. The predicted molar refractivity (Wildman–Crippen MR) is 59.0 cm³/mol. The second-order valence-electron chi connectivity index (χ2n) is 3.22. The SMILES string of the molecule is C=CCC(/C=C/CCCCC)OC=O. The molecule has 1 atom stereocenters. The lowest BCUT2D eigenvalue weighted by Crippen LogP contribution is -2.06. The Bertz CT molecular complexity index is 163. The molecule has 1 unspecified atom stereocenters. The van der Waals surface area contributed by atoms with Crippen LogP contribution in [0.2, 0.25) is 0 Å². The van der Waals surface area contributed by atoms with Crippen LogP contribution in [0.25, 0.3) is 0 Å². The average molecular weight is 196 g/mol. The molecule has 0 aliphatic heterocycles. The van der Waals surface area contributed by atoms with Gasteiger partial charge in [-0.3, -0.25) is 4.79 Å². The van der Waals surface area contributed by atoms with E-state index in [0.29, 0.717) is 12.9 Å². The van der Waals surface area contributed by atoms with Gasteiger partial charge in [0, 0.05) is 6.42 Å².